The molecule has 1 unspecified atom stereocenters. The van der Waals surface area contributed by atoms with Crippen LogP contribution in [0.25, 0.3) is 0 Å². The quantitative estimate of drug-likeness (QED) is 0.391. The van der Waals surface area contributed by atoms with Crippen molar-refractivity contribution in [1.29, 1.82) is 0 Å². The van der Waals surface area contributed by atoms with Gasteiger partial charge >= 0.3 is 0 Å². The van der Waals surface area contributed by atoms with Gasteiger partial charge in [-0.15, -0.1) is 0 Å². The molecular weight excluding hydrogens is 320 g/mol. The predicted octanol–water partition coefficient (Wildman–Crippen LogP) is 1.16. The molecule has 1 heterocycles. The van der Waals surface area contributed by atoms with Gasteiger partial charge in [-0.05, 0) is 38.0 Å². The van der Waals surface area contributed by atoms with Crippen LogP contribution in [0.2, 0.25) is 0 Å². The number of nitrogens with one attached hydrogen (secondary N) is 3. The Kier molecular flexibility index (Phi) is 7.06. The number of hydrogen-bond donors (Lipinski definition) is 3. The third-order valence-electron chi connectivity index (χ3n) is 4.19. The fraction of sp³-hybridized carbons (Fsp3) is 0.556. The maximum Gasteiger partial charge on any atom is 0.251 e. The standard InChI is InChI=1S/C18H28N4O3/c1-18(8-5-11-25-18)13-22-17(19-2)21-10-9-20-16(23)14-6-4-7-15(12-14)24-3/h4,6-7,12H,5,8-11,13H2,1-3H3,(H,20,23)(H2,19,21,22). The lowest BCUT2D eigenvalue weighted by molar-refractivity contribution is 0.0243. The van der Waals surface area contributed by atoms with Crippen molar-refractivity contribution in [3.05, 3.63) is 29.8 Å². The number of methoxy groups -OCH3 is 1. The van der Waals surface area contributed by atoms with E-state index in [0.717, 1.165) is 19.4 Å². The SMILES string of the molecule is CN=C(NCCNC(=O)c1cccc(OC)c1)NCC1(C)CCCO1. The molecule has 0 aliphatic carbocycles. The van der Waals surface area contributed by atoms with E-state index in [2.05, 4.69) is 27.9 Å². The van der Waals surface area contributed by atoms with Crippen LogP contribution in [-0.4, -0.2) is 57.9 Å². The first-order valence-corrected chi connectivity index (χ1v) is 8.57. The van der Waals surface area contributed by atoms with Crippen molar-refractivity contribution in [1.82, 2.24) is 16.0 Å². The lowest BCUT2D eigenvalue weighted by atomic mass is 10.0. The molecule has 0 spiro atoms. The Bertz CT molecular complexity index is 598. The summed E-state index contributed by atoms with van der Waals surface area (Å²) in [6, 6.07) is 7.07. The molecule has 0 radical (unpaired) electrons. The van der Waals surface area contributed by atoms with Gasteiger partial charge in [0, 0.05) is 38.9 Å². The highest BCUT2D eigenvalue weighted by Gasteiger charge is 2.29. The molecule has 25 heavy (non-hydrogen) atoms. The smallest absolute Gasteiger partial charge is 0.251 e. The molecule has 138 valence electrons. The van der Waals surface area contributed by atoms with Crippen molar-refractivity contribution >= 4 is 11.9 Å². The normalized spacial score (nSPS) is 20.2. The van der Waals surface area contributed by atoms with Crippen LogP contribution < -0.4 is 20.7 Å². The van der Waals surface area contributed by atoms with Crippen LogP contribution in [0, 0.1) is 0 Å². The van der Waals surface area contributed by atoms with Gasteiger partial charge in [0.15, 0.2) is 5.96 Å². The Morgan fingerprint density at radius 3 is 2.80 bits per heavy atom. The molecule has 1 atom stereocenters. The van der Waals surface area contributed by atoms with Gasteiger partial charge in [-0.1, -0.05) is 6.07 Å². The van der Waals surface area contributed by atoms with E-state index < -0.39 is 0 Å². The summed E-state index contributed by atoms with van der Waals surface area (Å²) in [7, 11) is 3.30. The summed E-state index contributed by atoms with van der Waals surface area (Å²) >= 11 is 0. The average molecular weight is 348 g/mol. The first-order chi connectivity index (χ1) is 12.1. The minimum atomic E-state index is -0.129. The zero-order valence-electron chi connectivity index (χ0n) is 15.2. The Hall–Kier alpha value is -2.28. The number of hydrogen-bond acceptors (Lipinski definition) is 4. The van der Waals surface area contributed by atoms with E-state index >= 15 is 0 Å². The zero-order valence-corrected chi connectivity index (χ0v) is 15.2. The Morgan fingerprint density at radius 1 is 1.32 bits per heavy atom. The van der Waals surface area contributed by atoms with Crippen LogP contribution in [0.5, 0.6) is 5.75 Å². The van der Waals surface area contributed by atoms with Gasteiger partial charge < -0.3 is 25.4 Å². The Balaban J connectivity index is 1.69. The predicted molar refractivity (Wildman–Crippen MR) is 98.3 cm³/mol. The molecular formula is C18H28N4O3. The highest BCUT2D eigenvalue weighted by molar-refractivity contribution is 5.94. The van der Waals surface area contributed by atoms with E-state index in [4.69, 9.17) is 9.47 Å². The number of carbonyl (C=O) groups is 1. The molecule has 1 aliphatic rings. The van der Waals surface area contributed by atoms with Crippen LogP contribution in [0.1, 0.15) is 30.1 Å². The van der Waals surface area contributed by atoms with Crippen molar-refractivity contribution in [2.75, 3.05) is 40.4 Å². The summed E-state index contributed by atoms with van der Waals surface area (Å²) in [4.78, 5) is 16.3. The lowest BCUT2D eigenvalue weighted by Crippen LogP contribution is -2.47. The second kappa shape index (κ2) is 9.27. The maximum absolute atomic E-state index is 12.1. The maximum atomic E-state index is 12.1. The van der Waals surface area contributed by atoms with Gasteiger partial charge in [-0.25, -0.2) is 0 Å². The Labute approximate surface area is 149 Å². The van der Waals surface area contributed by atoms with E-state index in [1.165, 1.54) is 0 Å². The second-order valence-electron chi connectivity index (χ2n) is 6.24. The van der Waals surface area contributed by atoms with E-state index in [1.54, 1.807) is 32.4 Å². The van der Waals surface area contributed by atoms with Crippen LogP contribution in [0.3, 0.4) is 0 Å². The molecule has 0 aromatic heterocycles. The first kappa shape index (κ1) is 19.1. The van der Waals surface area contributed by atoms with E-state index in [-0.39, 0.29) is 11.5 Å². The second-order valence-corrected chi connectivity index (χ2v) is 6.24. The number of amides is 1. The van der Waals surface area contributed by atoms with Crippen molar-refractivity contribution in [2.24, 2.45) is 4.99 Å². The molecule has 1 saturated heterocycles. The number of benzene rings is 1. The van der Waals surface area contributed by atoms with Crippen molar-refractivity contribution in [3.63, 3.8) is 0 Å². The summed E-state index contributed by atoms with van der Waals surface area (Å²) in [6.07, 6.45) is 2.15. The van der Waals surface area contributed by atoms with Crippen molar-refractivity contribution in [2.45, 2.75) is 25.4 Å². The van der Waals surface area contributed by atoms with Gasteiger partial charge in [-0.3, -0.25) is 9.79 Å². The highest BCUT2D eigenvalue weighted by Crippen LogP contribution is 2.23. The molecule has 3 N–H and O–H groups in total. The van der Waals surface area contributed by atoms with Gasteiger partial charge in [0.25, 0.3) is 5.91 Å². The number of guanidine groups is 1. The number of nitrogens with zero attached hydrogens (tertiary/aromatic N) is 1. The molecule has 1 aromatic rings. The van der Waals surface area contributed by atoms with Gasteiger partial charge in [-0.2, -0.15) is 0 Å². The van der Waals surface area contributed by atoms with Gasteiger partial charge in [0.05, 0.1) is 12.7 Å². The fourth-order valence-corrected chi connectivity index (χ4v) is 2.69. The van der Waals surface area contributed by atoms with Gasteiger partial charge in [0.2, 0.25) is 0 Å². The largest absolute Gasteiger partial charge is 0.497 e. The lowest BCUT2D eigenvalue weighted by Gasteiger charge is -2.24. The molecule has 2 rings (SSSR count). The van der Waals surface area contributed by atoms with E-state index in [1.807, 2.05) is 6.07 Å². The topological polar surface area (TPSA) is 84.0 Å². The molecule has 1 aliphatic heterocycles. The molecule has 1 fully saturated rings. The molecule has 1 aromatic carbocycles. The minimum absolute atomic E-state index is 0.127. The highest BCUT2D eigenvalue weighted by atomic mass is 16.5. The van der Waals surface area contributed by atoms with Gasteiger partial charge in [0.1, 0.15) is 5.75 Å². The monoisotopic (exact) mass is 348 g/mol. The van der Waals surface area contributed by atoms with Crippen molar-refractivity contribution in [3.8, 4) is 5.75 Å². The summed E-state index contributed by atoms with van der Waals surface area (Å²) in [5.41, 5.74) is 0.450. The number of aliphatic imine (C=N–C) groups is 1. The van der Waals surface area contributed by atoms with E-state index in [0.29, 0.717) is 36.9 Å². The summed E-state index contributed by atoms with van der Waals surface area (Å²) in [5, 5.41) is 9.33. The third kappa shape index (κ3) is 5.94. The van der Waals surface area contributed by atoms with Crippen molar-refractivity contribution < 1.29 is 14.3 Å². The zero-order chi connectivity index (χ0) is 18.1. The summed E-state index contributed by atoms with van der Waals surface area (Å²) in [5.74, 6) is 1.24. The third-order valence-corrected chi connectivity index (χ3v) is 4.19. The fourth-order valence-electron chi connectivity index (χ4n) is 2.69. The first-order valence-electron chi connectivity index (χ1n) is 8.57. The number of ether oxygens (including phenoxy) is 2. The van der Waals surface area contributed by atoms with Crippen LogP contribution in [0.15, 0.2) is 29.3 Å². The summed E-state index contributed by atoms with van der Waals surface area (Å²) < 4.78 is 10.9. The average Bonchev–Trinajstić information content (AvgIpc) is 3.07. The molecule has 1 amide bonds. The number of carbonyl (C=O) groups excluding carboxylic acids is 1. The Morgan fingerprint density at radius 2 is 2.12 bits per heavy atom. The molecule has 7 nitrogen and oxygen atoms in total. The number of rotatable bonds is 7. The van der Waals surface area contributed by atoms with Crippen LogP contribution >= 0.6 is 0 Å². The molecule has 0 saturated carbocycles. The minimum Gasteiger partial charge on any atom is -0.497 e. The molecule has 7 heteroatoms. The van der Waals surface area contributed by atoms with Crippen LogP contribution in [-0.2, 0) is 4.74 Å². The summed E-state index contributed by atoms with van der Waals surface area (Å²) in [6.45, 7) is 4.70. The van der Waals surface area contributed by atoms with Crippen LogP contribution in [0.4, 0.5) is 0 Å². The van der Waals surface area contributed by atoms with E-state index in [9.17, 15) is 4.79 Å². The molecule has 0 bridgehead atoms.